The summed E-state index contributed by atoms with van der Waals surface area (Å²) in [5.41, 5.74) is 1.59. The lowest BCUT2D eigenvalue weighted by molar-refractivity contribution is 0.0197. The predicted octanol–water partition coefficient (Wildman–Crippen LogP) is 3.79. The molecule has 1 amide bonds. The van der Waals surface area contributed by atoms with E-state index in [1.54, 1.807) is 23.2 Å². The molecule has 2 aromatic heterocycles. The van der Waals surface area contributed by atoms with E-state index in [2.05, 4.69) is 15.0 Å². The summed E-state index contributed by atoms with van der Waals surface area (Å²) in [6, 6.07) is 3.50. The summed E-state index contributed by atoms with van der Waals surface area (Å²) in [6.07, 6.45) is 3.36. The number of fused-ring (bicyclic) bond motifs is 1. The van der Waals surface area contributed by atoms with Gasteiger partial charge in [0.2, 0.25) is 0 Å². The smallest absolute Gasteiger partial charge is 0.410 e. The topological polar surface area (TPSA) is 68.2 Å². The molecular formula is C17H21ClN4O2. The quantitative estimate of drug-likeness (QED) is 0.733. The van der Waals surface area contributed by atoms with Crippen molar-refractivity contribution < 1.29 is 9.53 Å². The first-order valence-corrected chi connectivity index (χ1v) is 8.47. The summed E-state index contributed by atoms with van der Waals surface area (Å²) < 4.78 is 5.47. The average Bonchev–Trinajstić information content (AvgIpc) is 2.52. The molecule has 0 unspecified atom stereocenters. The van der Waals surface area contributed by atoms with Gasteiger partial charge in [0.25, 0.3) is 0 Å². The largest absolute Gasteiger partial charge is 0.444 e. The molecule has 6 nitrogen and oxygen atoms in total. The number of carbonyl (C=O) groups is 1. The molecule has 3 heterocycles. The first-order chi connectivity index (χ1) is 11.3. The Bertz CT molecular complexity index is 760. The highest BCUT2D eigenvalue weighted by Gasteiger charge is 2.29. The van der Waals surface area contributed by atoms with E-state index < -0.39 is 5.60 Å². The third-order valence-electron chi connectivity index (χ3n) is 3.88. The van der Waals surface area contributed by atoms with Crippen molar-refractivity contribution in [3.8, 4) is 0 Å². The van der Waals surface area contributed by atoms with Crippen LogP contribution >= 0.6 is 11.6 Å². The molecule has 0 radical (unpaired) electrons. The van der Waals surface area contributed by atoms with Crippen molar-refractivity contribution in [2.75, 3.05) is 13.1 Å². The monoisotopic (exact) mass is 348 g/mol. The summed E-state index contributed by atoms with van der Waals surface area (Å²) >= 11 is 5.93. The standard InChI is InChI=1S/C17H21ClN4O2/c1-17(2,3)24-16(23)22-8-4-5-11(10-22)13-9-19-12-6-7-14(18)21-15(12)20-13/h6-7,9,11H,4-5,8,10H2,1-3H3/t11-/m1/s1. The number of halogens is 1. The van der Waals surface area contributed by atoms with Crippen LogP contribution in [0.3, 0.4) is 0 Å². The van der Waals surface area contributed by atoms with Crippen LogP contribution in [-0.4, -0.2) is 44.6 Å². The number of hydrogen-bond acceptors (Lipinski definition) is 5. The second-order valence-electron chi connectivity index (χ2n) is 7.04. The molecular weight excluding hydrogens is 328 g/mol. The minimum Gasteiger partial charge on any atom is -0.444 e. The summed E-state index contributed by atoms with van der Waals surface area (Å²) in [7, 11) is 0. The maximum atomic E-state index is 12.3. The average molecular weight is 349 g/mol. The number of aromatic nitrogens is 3. The molecule has 0 aromatic carbocycles. The SMILES string of the molecule is CC(C)(C)OC(=O)N1CCC[C@@H](c2cnc3ccc(Cl)nc3n2)C1. The van der Waals surface area contributed by atoms with Gasteiger partial charge >= 0.3 is 6.09 Å². The molecule has 1 fully saturated rings. The lowest BCUT2D eigenvalue weighted by Crippen LogP contribution is -2.42. The van der Waals surface area contributed by atoms with E-state index in [0.29, 0.717) is 29.4 Å². The molecule has 2 aromatic rings. The van der Waals surface area contributed by atoms with Gasteiger partial charge in [0.05, 0.1) is 5.69 Å². The summed E-state index contributed by atoms with van der Waals surface area (Å²) in [6.45, 7) is 6.90. The zero-order chi connectivity index (χ0) is 17.3. The Morgan fingerprint density at radius 1 is 1.33 bits per heavy atom. The predicted molar refractivity (Wildman–Crippen MR) is 92.1 cm³/mol. The highest BCUT2D eigenvalue weighted by molar-refractivity contribution is 6.29. The van der Waals surface area contributed by atoms with Gasteiger partial charge in [0, 0.05) is 25.2 Å². The fourth-order valence-electron chi connectivity index (χ4n) is 2.80. The first kappa shape index (κ1) is 16.9. The highest BCUT2D eigenvalue weighted by atomic mass is 35.5. The number of pyridine rings is 1. The number of ether oxygens (including phenoxy) is 1. The van der Waals surface area contributed by atoms with E-state index in [0.717, 1.165) is 18.5 Å². The van der Waals surface area contributed by atoms with E-state index in [4.69, 9.17) is 16.3 Å². The maximum absolute atomic E-state index is 12.3. The van der Waals surface area contributed by atoms with Crippen molar-refractivity contribution in [3.63, 3.8) is 0 Å². The third kappa shape index (κ3) is 3.93. The number of piperidine rings is 1. The minimum atomic E-state index is -0.493. The highest BCUT2D eigenvalue weighted by Crippen LogP contribution is 2.27. The van der Waals surface area contributed by atoms with Gasteiger partial charge in [0.15, 0.2) is 5.65 Å². The molecule has 3 rings (SSSR count). The van der Waals surface area contributed by atoms with Gasteiger partial charge in [-0.2, -0.15) is 0 Å². The third-order valence-corrected chi connectivity index (χ3v) is 4.09. The zero-order valence-electron chi connectivity index (χ0n) is 14.1. The van der Waals surface area contributed by atoms with E-state index in [9.17, 15) is 4.79 Å². The van der Waals surface area contributed by atoms with Gasteiger partial charge in [-0.25, -0.2) is 14.8 Å². The normalized spacial score (nSPS) is 18.7. The second-order valence-corrected chi connectivity index (χ2v) is 7.42. The van der Waals surface area contributed by atoms with Gasteiger partial charge in [-0.1, -0.05) is 11.6 Å². The Labute approximate surface area is 146 Å². The number of rotatable bonds is 1. The number of hydrogen-bond donors (Lipinski definition) is 0. The molecule has 0 N–H and O–H groups in total. The van der Waals surface area contributed by atoms with E-state index in [1.165, 1.54) is 0 Å². The Morgan fingerprint density at radius 2 is 2.12 bits per heavy atom. The molecule has 1 aliphatic heterocycles. The molecule has 1 saturated heterocycles. The summed E-state index contributed by atoms with van der Waals surface area (Å²) in [5.74, 6) is 0.129. The van der Waals surface area contributed by atoms with Crippen molar-refractivity contribution in [2.24, 2.45) is 0 Å². The lowest BCUT2D eigenvalue weighted by Gasteiger charge is -2.33. The Morgan fingerprint density at radius 3 is 2.88 bits per heavy atom. The van der Waals surface area contributed by atoms with Crippen LogP contribution in [-0.2, 0) is 4.74 Å². The van der Waals surface area contributed by atoms with Crippen molar-refractivity contribution in [2.45, 2.75) is 45.1 Å². The summed E-state index contributed by atoms with van der Waals surface area (Å²) in [4.78, 5) is 27.3. The van der Waals surface area contributed by atoms with Crippen molar-refractivity contribution in [3.05, 3.63) is 29.2 Å². The van der Waals surface area contributed by atoms with Crippen LogP contribution in [0, 0.1) is 0 Å². The number of carbonyl (C=O) groups excluding carboxylic acids is 1. The second kappa shape index (κ2) is 6.51. The van der Waals surface area contributed by atoms with Crippen molar-refractivity contribution >= 4 is 28.9 Å². The fraction of sp³-hybridized carbons (Fsp3) is 0.529. The number of likely N-dealkylation sites (tertiary alicyclic amines) is 1. The number of nitrogens with zero attached hydrogens (tertiary/aromatic N) is 4. The van der Waals surface area contributed by atoms with Crippen LogP contribution in [0.2, 0.25) is 5.15 Å². The Hall–Kier alpha value is -1.95. The lowest BCUT2D eigenvalue weighted by atomic mass is 9.95. The fourth-order valence-corrected chi connectivity index (χ4v) is 2.94. The van der Waals surface area contributed by atoms with Crippen molar-refractivity contribution in [1.29, 1.82) is 0 Å². The molecule has 0 aliphatic carbocycles. The zero-order valence-corrected chi connectivity index (χ0v) is 14.9. The van der Waals surface area contributed by atoms with E-state index >= 15 is 0 Å². The van der Waals surface area contributed by atoms with Crippen LogP contribution in [0.15, 0.2) is 18.3 Å². The first-order valence-electron chi connectivity index (χ1n) is 8.09. The van der Waals surface area contributed by atoms with Crippen LogP contribution in [0.4, 0.5) is 4.79 Å². The minimum absolute atomic E-state index is 0.129. The van der Waals surface area contributed by atoms with Gasteiger partial charge < -0.3 is 9.64 Å². The van der Waals surface area contributed by atoms with E-state index in [-0.39, 0.29) is 12.0 Å². The summed E-state index contributed by atoms with van der Waals surface area (Å²) in [5, 5.41) is 0.396. The Balaban J connectivity index is 1.78. The van der Waals surface area contributed by atoms with E-state index in [1.807, 2.05) is 20.8 Å². The van der Waals surface area contributed by atoms with Crippen molar-refractivity contribution in [1.82, 2.24) is 19.9 Å². The molecule has 7 heteroatoms. The molecule has 0 bridgehead atoms. The van der Waals surface area contributed by atoms with Crippen LogP contribution in [0.25, 0.3) is 11.2 Å². The van der Waals surface area contributed by atoms with Gasteiger partial charge in [-0.3, -0.25) is 4.98 Å². The number of amides is 1. The van der Waals surface area contributed by atoms with Gasteiger partial charge in [-0.15, -0.1) is 0 Å². The molecule has 1 atom stereocenters. The van der Waals surface area contributed by atoms with Crippen LogP contribution in [0.1, 0.15) is 45.2 Å². The molecule has 0 spiro atoms. The van der Waals surface area contributed by atoms with Gasteiger partial charge in [0.1, 0.15) is 16.3 Å². The van der Waals surface area contributed by atoms with Crippen LogP contribution < -0.4 is 0 Å². The van der Waals surface area contributed by atoms with Gasteiger partial charge in [-0.05, 0) is 45.7 Å². The maximum Gasteiger partial charge on any atom is 0.410 e. The Kier molecular flexibility index (Phi) is 4.58. The van der Waals surface area contributed by atoms with Crippen LogP contribution in [0.5, 0.6) is 0 Å². The molecule has 0 saturated carbocycles. The molecule has 24 heavy (non-hydrogen) atoms. The molecule has 128 valence electrons. The molecule has 1 aliphatic rings.